The van der Waals surface area contributed by atoms with Gasteiger partial charge in [0, 0.05) is 17.7 Å². The van der Waals surface area contributed by atoms with Crippen molar-refractivity contribution < 1.29 is 9.26 Å². The lowest BCUT2D eigenvalue weighted by atomic mass is 10.1. The van der Waals surface area contributed by atoms with E-state index < -0.39 is 0 Å². The molecule has 0 atom stereocenters. The number of nitrogens with zero attached hydrogens (tertiary/aromatic N) is 2. The van der Waals surface area contributed by atoms with E-state index in [4.69, 9.17) is 20.9 Å². The van der Waals surface area contributed by atoms with Crippen molar-refractivity contribution >= 4 is 11.6 Å². The van der Waals surface area contributed by atoms with Gasteiger partial charge in [-0.25, -0.2) is 0 Å². The van der Waals surface area contributed by atoms with Crippen LogP contribution in [0.1, 0.15) is 6.42 Å². The monoisotopic (exact) mass is 356 g/mol. The molecule has 2 aromatic carbocycles. The Hall–Kier alpha value is -2.30. The predicted octanol–water partition coefficient (Wildman–Crippen LogP) is 4.99. The number of aromatic nitrogens is 1. The van der Waals surface area contributed by atoms with Crippen LogP contribution < -0.4 is 4.74 Å². The van der Waals surface area contributed by atoms with Gasteiger partial charge in [-0.15, -0.1) is 0 Å². The summed E-state index contributed by atoms with van der Waals surface area (Å²) in [5.74, 6) is 1.42. The quantitative estimate of drug-likeness (QED) is 0.559. The van der Waals surface area contributed by atoms with Crippen molar-refractivity contribution in [3.05, 3.63) is 59.6 Å². The first kappa shape index (κ1) is 17.5. The van der Waals surface area contributed by atoms with Crippen LogP contribution in [0, 0.1) is 0 Å². The van der Waals surface area contributed by atoms with Gasteiger partial charge in [0.05, 0.1) is 6.61 Å². The second-order valence-corrected chi connectivity index (χ2v) is 6.45. The minimum atomic E-state index is 0.519. The summed E-state index contributed by atoms with van der Waals surface area (Å²) in [6.07, 6.45) is 0.990. The second-order valence-electron chi connectivity index (χ2n) is 6.07. The molecule has 0 aliphatic rings. The Morgan fingerprint density at radius 2 is 1.72 bits per heavy atom. The van der Waals surface area contributed by atoms with E-state index in [0.717, 1.165) is 29.8 Å². The average Bonchev–Trinajstić information content (AvgIpc) is 3.01. The molecule has 130 valence electrons. The zero-order valence-corrected chi connectivity index (χ0v) is 15.2. The van der Waals surface area contributed by atoms with Crippen LogP contribution in [0.5, 0.6) is 5.75 Å². The molecule has 0 fully saturated rings. The van der Waals surface area contributed by atoms with Crippen molar-refractivity contribution in [3.63, 3.8) is 0 Å². The van der Waals surface area contributed by atoms with Crippen LogP contribution in [-0.4, -0.2) is 37.3 Å². The van der Waals surface area contributed by atoms with Crippen molar-refractivity contribution in [2.45, 2.75) is 6.42 Å². The standard InChI is InChI=1S/C20H21ClN2O2/c1-23(2)13-6-14-24-17-11-9-15(10-12-17)19-18(21)20(25-22-19)16-7-4-3-5-8-16/h3-5,7-12H,6,13-14H2,1-2H3. The summed E-state index contributed by atoms with van der Waals surface area (Å²) in [6.45, 7) is 1.70. The van der Waals surface area contributed by atoms with Gasteiger partial charge in [0.1, 0.15) is 16.5 Å². The normalized spacial score (nSPS) is 11.0. The van der Waals surface area contributed by atoms with E-state index in [2.05, 4.69) is 24.2 Å². The molecule has 5 heteroatoms. The molecule has 4 nitrogen and oxygen atoms in total. The highest BCUT2D eigenvalue weighted by Gasteiger charge is 2.17. The number of hydrogen-bond donors (Lipinski definition) is 0. The smallest absolute Gasteiger partial charge is 0.186 e. The lowest BCUT2D eigenvalue weighted by Crippen LogP contribution is -2.15. The fraction of sp³-hybridized carbons (Fsp3) is 0.250. The summed E-state index contributed by atoms with van der Waals surface area (Å²) in [5.41, 5.74) is 2.45. The zero-order chi connectivity index (χ0) is 17.6. The topological polar surface area (TPSA) is 38.5 Å². The van der Waals surface area contributed by atoms with Crippen molar-refractivity contribution in [1.82, 2.24) is 10.1 Å². The SMILES string of the molecule is CN(C)CCCOc1ccc(-c2noc(-c3ccccc3)c2Cl)cc1. The Kier molecular flexibility index (Phi) is 5.74. The Bertz CT molecular complexity index is 798. The number of halogens is 1. The maximum atomic E-state index is 6.47. The van der Waals surface area contributed by atoms with E-state index in [1.807, 2.05) is 54.6 Å². The Labute approximate surface area is 153 Å². The van der Waals surface area contributed by atoms with Crippen molar-refractivity contribution in [2.75, 3.05) is 27.2 Å². The molecule has 0 bridgehead atoms. The van der Waals surface area contributed by atoms with E-state index >= 15 is 0 Å². The van der Waals surface area contributed by atoms with Crippen LogP contribution in [0.15, 0.2) is 59.1 Å². The lowest BCUT2D eigenvalue weighted by molar-refractivity contribution is 0.281. The molecule has 0 spiro atoms. The predicted molar refractivity (Wildman–Crippen MR) is 101 cm³/mol. The number of hydrogen-bond acceptors (Lipinski definition) is 4. The molecular weight excluding hydrogens is 336 g/mol. The average molecular weight is 357 g/mol. The highest BCUT2D eigenvalue weighted by Crippen LogP contribution is 2.36. The molecule has 0 N–H and O–H groups in total. The van der Waals surface area contributed by atoms with Crippen LogP contribution in [-0.2, 0) is 0 Å². The van der Waals surface area contributed by atoms with Gasteiger partial charge < -0.3 is 14.2 Å². The molecule has 1 aromatic heterocycles. The summed E-state index contributed by atoms with van der Waals surface area (Å²) >= 11 is 6.47. The maximum absolute atomic E-state index is 6.47. The highest BCUT2D eigenvalue weighted by molar-refractivity contribution is 6.35. The summed E-state index contributed by atoms with van der Waals surface area (Å²) in [6, 6.07) is 17.5. The second kappa shape index (κ2) is 8.19. The van der Waals surface area contributed by atoms with Crippen molar-refractivity contribution in [3.8, 4) is 28.3 Å². The van der Waals surface area contributed by atoms with Gasteiger partial charge in [0.25, 0.3) is 0 Å². The first-order valence-corrected chi connectivity index (χ1v) is 8.61. The van der Waals surface area contributed by atoms with Crippen LogP contribution in [0.2, 0.25) is 5.02 Å². The van der Waals surface area contributed by atoms with Crippen LogP contribution >= 0.6 is 11.6 Å². The molecule has 3 aromatic rings. The molecule has 0 saturated heterocycles. The first-order chi connectivity index (χ1) is 12.1. The molecule has 0 radical (unpaired) electrons. The largest absolute Gasteiger partial charge is 0.494 e. The van der Waals surface area contributed by atoms with Crippen LogP contribution in [0.4, 0.5) is 0 Å². The Balaban J connectivity index is 1.70. The third kappa shape index (κ3) is 4.41. The minimum Gasteiger partial charge on any atom is -0.494 e. The summed E-state index contributed by atoms with van der Waals surface area (Å²) < 4.78 is 11.2. The van der Waals surface area contributed by atoms with Gasteiger partial charge in [-0.1, -0.05) is 47.1 Å². The minimum absolute atomic E-state index is 0.519. The molecule has 25 heavy (non-hydrogen) atoms. The third-order valence-electron chi connectivity index (χ3n) is 3.82. The molecule has 3 rings (SSSR count). The highest BCUT2D eigenvalue weighted by atomic mass is 35.5. The van der Waals surface area contributed by atoms with Gasteiger partial charge in [0.15, 0.2) is 5.76 Å². The van der Waals surface area contributed by atoms with E-state index in [9.17, 15) is 0 Å². The van der Waals surface area contributed by atoms with Gasteiger partial charge >= 0.3 is 0 Å². The fourth-order valence-corrected chi connectivity index (χ4v) is 2.79. The van der Waals surface area contributed by atoms with E-state index in [1.165, 1.54) is 0 Å². The summed E-state index contributed by atoms with van der Waals surface area (Å²) in [7, 11) is 4.11. The summed E-state index contributed by atoms with van der Waals surface area (Å²) in [5, 5.41) is 4.65. The molecule has 0 saturated carbocycles. The number of ether oxygens (including phenoxy) is 1. The fourth-order valence-electron chi connectivity index (χ4n) is 2.51. The van der Waals surface area contributed by atoms with Gasteiger partial charge in [-0.2, -0.15) is 0 Å². The number of benzene rings is 2. The van der Waals surface area contributed by atoms with Crippen LogP contribution in [0.25, 0.3) is 22.6 Å². The summed E-state index contributed by atoms with van der Waals surface area (Å²) in [4.78, 5) is 2.14. The van der Waals surface area contributed by atoms with Crippen molar-refractivity contribution in [2.24, 2.45) is 0 Å². The Morgan fingerprint density at radius 3 is 2.40 bits per heavy atom. The van der Waals surface area contributed by atoms with E-state index in [1.54, 1.807) is 0 Å². The zero-order valence-electron chi connectivity index (χ0n) is 14.4. The molecule has 0 amide bonds. The lowest BCUT2D eigenvalue weighted by Gasteiger charge is -2.10. The van der Waals surface area contributed by atoms with Gasteiger partial charge in [-0.3, -0.25) is 0 Å². The van der Waals surface area contributed by atoms with E-state index in [-0.39, 0.29) is 0 Å². The molecule has 0 unspecified atom stereocenters. The maximum Gasteiger partial charge on any atom is 0.186 e. The number of rotatable bonds is 7. The molecular formula is C20H21ClN2O2. The first-order valence-electron chi connectivity index (χ1n) is 8.23. The molecule has 1 heterocycles. The molecule has 0 aliphatic carbocycles. The molecule has 0 aliphatic heterocycles. The Morgan fingerprint density at radius 1 is 1.00 bits per heavy atom. The van der Waals surface area contributed by atoms with Crippen molar-refractivity contribution in [1.29, 1.82) is 0 Å². The third-order valence-corrected chi connectivity index (χ3v) is 4.17. The van der Waals surface area contributed by atoms with Gasteiger partial charge in [-0.05, 0) is 44.8 Å². The van der Waals surface area contributed by atoms with Crippen LogP contribution in [0.3, 0.4) is 0 Å². The van der Waals surface area contributed by atoms with E-state index in [0.29, 0.717) is 23.1 Å². The van der Waals surface area contributed by atoms with Gasteiger partial charge in [0.2, 0.25) is 0 Å².